The zero-order valence-electron chi connectivity index (χ0n) is 13.9. The van der Waals surface area contributed by atoms with Crippen LogP contribution in [-0.2, 0) is 7.05 Å². The van der Waals surface area contributed by atoms with Crippen molar-refractivity contribution in [3.63, 3.8) is 0 Å². The minimum atomic E-state index is -0.467. The minimum Gasteiger partial charge on any atom is -0.368 e. The van der Waals surface area contributed by atoms with Gasteiger partial charge in [-0.2, -0.15) is 4.39 Å². The van der Waals surface area contributed by atoms with Gasteiger partial charge in [0, 0.05) is 55.7 Å². The number of H-pyrrole nitrogens is 1. The van der Waals surface area contributed by atoms with Crippen molar-refractivity contribution in [3.05, 3.63) is 30.5 Å². The maximum atomic E-state index is 14.0. The summed E-state index contributed by atoms with van der Waals surface area (Å²) in [5.74, 6) is -0.467. The third-order valence-corrected chi connectivity index (χ3v) is 5.14. The number of hydrogen-bond donors (Lipinski definition) is 2. The lowest BCUT2D eigenvalue weighted by molar-refractivity contribution is 0.466. The molecule has 0 amide bonds. The van der Waals surface area contributed by atoms with Crippen LogP contribution in [0.15, 0.2) is 24.5 Å². The molecule has 25 heavy (non-hydrogen) atoms. The number of rotatable bonds is 2. The van der Waals surface area contributed by atoms with Gasteiger partial charge < -0.3 is 15.2 Å². The Morgan fingerprint density at radius 3 is 2.68 bits per heavy atom. The molecule has 2 saturated heterocycles. The number of nitrogens with zero attached hydrogens (tertiary/aromatic N) is 4. The van der Waals surface area contributed by atoms with Crippen molar-refractivity contribution >= 4 is 29.1 Å². The van der Waals surface area contributed by atoms with E-state index in [1.165, 1.54) is 23.2 Å². The van der Waals surface area contributed by atoms with Crippen molar-refractivity contribution in [2.45, 2.75) is 24.9 Å². The Morgan fingerprint density at radius 2 is 2.00 bits per heavy atom. The van der Waals surface area contributed by atoms with Gasteiger partial charge in [-0.3, -0.25) is 4.68 Å². The second-order valence-corrected chi connectivity index (χ2v) is 6.83. The van der Waals surface area contributed by atoms with E-state index in [4.69, 9.17) is 0 Å². The highest BCUT2D eigenvalue weighted by Gasteiger charge is 2.32. The number of aryl methyl sites for hydroxylation is 1. The summed E-state index contributed by atoms with van der Waals surface area (Å²) < 4.78 is 15.5. The van der Waals surface area contributed by atoms with Crippen LogP contribution in [0.1, 0.15) is 12.8 Å². The zero-order valence-corrected chi connectivity index (χ0v) is 14.7. The quantitative estimate of drug-likeness (QED) is 0.735. The monoisotopic (exact) mass is 362 g/mol. The largest absolute Gasteiger partial charge is 0.368 e. The van der Waals surface area contributed by atoms with E-state index in [-0.39, 0.29) is 12.4 Å². The molecule has 3 aromatic rings. The van der Waals surface area contributed by atoms with Crippen LogP contribution in [0.25, 0.3) is 22.3 Å². The molecular formula is C17H20ClFN6. The second-order valence-electron chi connectivity index (χ2n) is 6.83. The van der Waals surface area contributed by atoms with Crippen molar-refractivity contribution in [3.8, 4) is 11.3 Å². The lowest BCUT2D eigenvalue weighted by atomic mass is 10.1. The third-order valence-electron chi connectivity index (χ3n) is 5.14. The number of aromatic nitrogens is 4. The SMILES string of the molecule is Cl.Cn1cc(-c2cc3c(N4CC5CCC(C4)N5)ccnc3[nH]2)c(F)n1. The fraction of sp³-hybridized carbons (Fsp3) is 0.412. The van der Waals surface area contributed by atoms with Crippen molar-refractivity contribution in [1.29, 1.82) is 0 Å². The third kappa shape index (κ3) is 2.67. The maximum Gasteiger partial charge on any atom is 0.241 e. The number of fused-ring (bicyclic) bond motifs is 3. The van der Waals surface area contributed by atoms with Gasteiger partial charge in [-0.25, -0.2) is 4.98 Å². The van der Waals surface area contributed by atoms with E-state index < -0.39 is 5.95 Å². The van der Waals surface area contributed by atoms with Crippen LogP contribution < -0.4 is 10.2 Å². The second kappa shape index (κ2) is 6.00. The average Bonchev–Trinajstić information content (AvgIpc) is 3.23. The number of aromatic amines is 1. The summed E-state index contributed by atoms with van der Waals surface area (Å²) in [6.45, 7) is 2.02. The van der Waals surface area contributed by atoms with Crippen LogP contribution in [0.2, 0.25) is 0 Å². The summed E-state index contributed by atoms with van der Waals surface area (Å²) in [6, 6.07) is 5.19. The smallest absolute Gasteiger partial charge is 0.241 e. The molecule has 0 spiro atoms. The van der Waals surface area contributed by atoms with E-state index >= 15 is 0 Å². The first kappa shape index (κ1) is 16.4. The molecule has 0 saturated carbocycles. The zero-order chi connectivity index (χ0) is 16.3. The van der Waals surface area contributed by atoms with Crippen LogP contribution in [0.4, 0.5) is 10.1 Å². The van der Waals surface area contributed by atoms with Gasteiger partial charge in [-0.05, 0) is 25.0 Å². The highest BCUT2D eigenvalue weighted by atomic mass is 35.5. The Bertz CT molecular complexity index is 907. The standard InChI is InChI=1S/C17H19FN6.ClH/c1-23-9-13(16(18)22-23)14-6-12-15(4-5-19-17(12)21-14)24-7-10-2-3-11(8-24)20-10;/h4-6,9-11,20H,2-3,7-8H2,1H3,(H,19,21);1H. The normalized spacial score (nSPS) is 22.4. The molecule has 6 nitrogen and oxygen atoms in total. The number of nitrogens with one attached hydrogen (secondary N) is 2. The first-order chi connectivity index (χ1) is 11.7. The minimum absolute atomic E-state index is 0. The van der Waals surface area contributed by atoms with E-state index in [1.807, 2.05) is 12.3 Å². The molecule has 2 aliphatic rings. The molecule has 5 heterocycles. The van der Waals surface area contributed by atoms with E-state index in [9.17, 15) is 4.39 Å². The van der Waals surface area contributed by atoms with Crippen molar-refractivity contribution in [2.24, 2.45) is 7.05 Å². The van der Waals surface area contributed by atoms with E-state index in [1.54, 1.807) is 13.2 Å². The van der Waals surface area contributed by atoms with Gasteiger partial charge >= 0.3 is 0 Å². The number of halogens is 2. The summed E-state index contributed by atoms with van der Waals surface area (Å²) in [5.41, 5.74) is 3.15. The summed E-state index contributed by atoms with van der Waals surface area (Å²) in [4.78, 5) is 10.1. The van der Waals surface area contributed by atoms with E-state index in [0.29, 0.717) is 23.3 Å². The molecule has 2 aliphatic heterocycles. The van der Waals surface area contributed by atoms with Crippen molar-refractivity contribution in [1.82, 2.24) is 25.1 Å². The first-order valence-corrected chi connectivity index (χ1v) is 8.35. The summed E-state index contributed by atoms with van der Waals surface area (Å²) >= 11 is 0. The Labute approximate surface area is 150 Å². The lowest BCUT2D eigenvalue weighted by Crippen LogP contribution is -2.51. The highest BCUT2D eigenvalue weighted by molar-refractivity contribution is 5.93. The van der Waals surface area contributed by atoms with Crippen LogP contribution in [0.5, 0.6) is 0 Å². The molecular weight excluding hydrogens is 343 g/mol. The van der Waals surface area contributed by atoms with Crippen molar-refractivity contribution < 1.29 is 4.39 Å². The Kier molecular flexibility index (Phi) is 3.92. The van der Waals surface area contributed by atoms with Gasteiger partial charge in [0.1, 0.15) is 5.65 Å². The molecule has 8 heteroatoms. The van der Waals surface area contributed by atoms with Gasteiger partial charge in [0.05, 0.1) is 11.3 Å². The Morgan fingerprint density at radius 1 is 1.24 bits per heavy atom. The van der Waals surface area contributed by atoms with Crippen LogP contribution in [0.3, 0.4) is 0 Å². The van der Waals surface area contributed by atoms with Crippen molar-refractivity contribution in [2.75, 3.05) is 18.0 Å². The van der Waals surface area contributed by atoms with E-state index in [0.717, 1.165) is 24.1 Å². The van der Waals surface area contributed by atoms with Gasteiger partial charge in [-0.15, -0.1) is 17.5 Å². The molecule has 2 fully saturated rings. The Hall–Kier alpha value is -2.12. The number of anilines is 1. The van der Waals surface area contributed by atoms with Crippen LogP contribution >= 0.6 is 12.4 Å². The number of pyridine rings is 1. The predicted octanol–water partition coefficient (Wildman–Crippen LogP) is 2.46. The molecule has 3 aromatic heterocycles. The van der Waals surface area contributed by atoms with Gasteiger partial charge in [0.2, 0.25) is 5.95 Å². The maximum absolute atomic E-state index is 14.0. The van der Waals surface area contributed by atoms with E-state index in [2.05, 4.69) is 31.3 Å². The lowest BCUT2D eigenvalue weighted by Gasteiger charge is -2.34. The number of hydrogen-bond acceptors (Lipinski definition) is 4. The summed E-state index contributed by atoms with van der Waals surface area (Å²) in [7, 11) is 1.72. The topological polar surface area (TPSA) is 61.8 Å². The molecule has 5 rings (SSSR count). The molecule has 0 aromatic carbocycles. The highest BCUT2D eigenvalue weighted by Crippen LogP contribution is 2.33. The summed E-state index contributed by atoms with van der Waals surface area (Å²) in [5, 5.41) is 8.48. The molecule has 2 bridgehead atoms. The fourth-order valence-electron chi connectivity index (χ4n) is 4.07. The molecule has 2 unspecified atom stereocenters. The fourth-order valence-corrected chi connectivity index (χ4v) is 4.07. The van der Waals surface area contributed by atoms with Crippen LogP contribution in [0, 0.1) is 5.95 Å². The molecule has 2 N–H and O–H groups in total. The molecule has 0 aliphatic carbocycles. The molecule has 0 radical (unpaired) electrons. The molecule has 2 atom stereocenters. The first-order valence-electron chi connectivity index (χ1n) is 8.35. The summed E-state index contributed by atoms with van der Waals surface area (Å²) in [6.07, 6.45) is 6.00. The van der Waals surface area contributed by atoms with Gasteiger partial charge in [0.25, 0.3) is 0 Å². The number of piperazine rings is 1. The van der Waals surface area contributed by atoms with Crippen LogP contribution in [-0.4, -0.2) is 44.9 Å². The predicted molar refractivity (Wildman–Crippen MR) is 97.7 cm³/mol. The molecule has 132 valence electrons. The Balaban J connectivity index is 0.00000157. The van der Waals surface area contributed by atoms with Gasteiger partial charge in [-0.1, -0.05) is 0 Å². The van der Waals surface area contributed by atoms with Gasteiger partial charge in [0.15, 0.2) is 0 Å². The average molecular weight is 363 g/mol.